The molecule has 126 valence electrons. The number of fused-ring (bicyclic) bond motifs is 3. The number of pyridine rings is 1. The minimum atomic E-state index is -1.23. The van der Waals surface area contributed by atoms with Crippen LogP contribution in [0.5, 0.6) is 5.75 Å². The Kier molecular flexibility index (Phi) is 4.13. The van der Waals surface area contributed by atoms with Crippen molar-refractivity contribution >= 4 is 17.6 Å². The Morgan fingerprint density at radius 1 is 1.38 bits per heavy atom. The van der Waals surface area contributed by atoms with Gasteiger partial charge in [0.2, 0.25) is 0 Å². The summed E-state index contributed by atoms with van der Waals surface area (Å²) in [5, 5.41) is 9.84. The van der Waals surface area contributed by atoms with E-state index in [1.54, 1.807) is 6.07 Å². The summed E-state index contributed by atoms with van der Waals surface area (Å²) < 4.78 is 7.78. The van der Waals surface area contributed by atoms with Gasteiger partial charge in [-0.1, -0.05) is 25.4 Å². The van der Waals surface area contributed by atoms with Gasteiger partial charge in [0, 0.05) is 22.8 Å². The first-order valence-electron chi connectivity index (χ1n) is 7.72. The van der Waals surface area contributed by atoms with Crippen molar-refractivity contribution in [1.29, 1.82) is 0 Å². The maximum Gasteiger partial charge on any atom is 0.341 e. The Morgan fingerprint density at radius 2 is 2.08 bits per heavy atom. The van der Waals surface area contributed by atoms with E-state index in [1.807, 2.05) is 31.4 Å². The summed E-state index contributed by atoms with van der Waals surface area (Å²) in [5.41, 5.74) is 1.43. The van der Waals surface area contributed by atoms with E-state index in [2.05, 4.69) is 0 Å². The predicted molar refractivity (Wildman–Crippen MR) is 92.2 cm³/mol. The Bertz CT molecular complexity index is 885. The molecule has 1 N–H and O–H groups in total. The second-order valence-electron chi connectivity index (χ2n) is 6.37. The number of aromatic nitrogens is 1. The smallest absolute Gasteiger partial charge is 0.341 e. The third-order valence-electron chi connectivity index (χ3n) is 4.38. The lowest BCUT2D eigenvalue weighted by Gasteiger charge is -2.24. The van der Waals surface area contributed by atoms with Crippen LogP contribution in [0.15, 0.2) is 29.2 Å². The van der Waals surface area contributed by atoms with Crippen LogP contribution in [0.1, 0.15) is 35.8 Å². The van der Waals surface area contributed by atoms with E-state index in [1.165, 1.54) is 12.3 Å². The van der Waals surface area contributed by atoms with Crippen LogP contribution in [0.2, 0.25) is 5.02 Å². The van der Waals surface area contributed by atoms with Crippen molar-refractivity contribution in [2.24, 2.45) is 5.92 Å². The molecule has 0 aliphatic carbocycles. The molecule has 2 aromatic rings. The van der Waals surface area contributed by atoms with Gasteiger partial charge in [0.1, 0.15) is 17.9 Å². The molecular weight excluding hydrogens is 330 g/mol. The van der Waals surface area contributed by atoms with Crippen LogP contribution in [0, 0.1) is 12.8 Å². The molecule has 0 amide bonds. The molecule has 0 saturated carbocycles. The number of hydrogen-bond donors (Lipinski definition) is 1. The van der Waals surface area contributed by atoms with Crippen molar-refractivity contribution in [2.45, 2.75) is 26.8 Å². The number of halogens is 1. The summed E-state index contributed by atoms with van der Waals surface area (Å²) in [6.45, 7) is 6.34. The lowest BCUT2D eigenvalue weighted by Crippen LogP contribution is -2.25. The number of nitrogens with zero attached hydrogens (tertiary/aromatic N) is 1. The molecule has 2 heterocycles. The first-order valence-corrected chi connectivity index (χ1v) is 8.10. The highest BCUT2D eigenvalue weighted by atomic mass is 35.5. The molecule has 0 spiro atoms. The number of carbonyl (C=O) groups is 1. The highest BCUT2D eigenvalue weighted by Gasteiger charge is 2.27. The van der Waals surface area contributed by atoms with Crippen molar-refractivity contribution in [2.75, 3.05) is 6.61 Å². The molecule has 0 unspecified atom stereocenters. The predicted octanol–water partition coefficient (Wildman–Crippen LogP) is 3.76. The molecule has 0 radical (unpaired) electrons. The zero-order chi connectivity index (χ0) is 17.6. The molecule has 1 aromatic heterocycles. The van der Waals surface area contributed by atoms with Crippen molar-refractivity contribution in [3.63, 3.8) is 0 Å². The molecule has 1 aliphatic heterocycles. The quantitative estimate of drug-likeness (QED) is 0.898. The topological polar surface area (TPSA) is 68.5 Å². The van der Waals surface area contributed by atoms with Crippen LogP contribution < -0.4 is 10.2 Å². The summed E-state index contributed by atoms with van der Waals surface area (Å²) in [5.74, 6) is -0.389. The second kappa shape index (κ2) is 5.98. The van der Waals surface area contributed by atoms with Crippen LogP contribution >= 0.6 is 11.6 Å². The van der Waals surface area contributed by atoms with E-state index in [4.69, 9.17) is 16.3 Å². The van der Waals surface area contributed by atoms with Crippen molar-refractivity contribution in [3.05, 3.63) is 50.8 Å². The molecule has 0 fully saturated rings. The lowest BCUT2D eigenvalue weighted by atomic mass is 10.0. The number of aromatic carboxylic acids is 1. The molecule has 24 heavy (non-hydrogen) atoms. The SMILES string of the molecule is Cc1cc2c(cc1Cl)-c1cc(=O)c(C(=O)O)cn1[C@@H](C(C)C)CO2. The number of benzene rings is 1. The fourth-order valence-corrected chi connectivity index (χ4v) is 3.11. The highest BCUT2D eigenvalue weighted by Crippen LogP contribution is 2.39. The standard InChI is InChI=1S/C18H18ClNO4/c1-9(2)15-8-24-17-4-10(3)13(19)5-11(17)14-6-16(21)12(18(22)23)7-20(14)15/h4-7,9,15H,8H2,1-3H3,(H,22,23)/t15-/m1/s1. The minimum absolute atomic E-state index is 0.0924. The molecular formula is C18H18ClNO4. The van der Waals surface area contributed by atoms with Gasteiger partial charge in [0.15, 0.2) is 5.43 Å². The average molecular weight is 348 g/mol. The third kappa shape index (κ3) is 2.69. The van der Waals surface area contributed by atoms with E-state index in [0.717, 1.165) is 5.56 Å². The number of carboxylic acids is 1. The van der Waals surface area contributed by atoms with Gasteiger partial charge >= 0.3 is 5.97 Å². The normalized spacial score (nSPS) is 16.1. The first-order chi connectivity index (χ1) is 11.3. The van der Waals surface area contributed by atoms with Crippen molar-refractivity contribution < 1.29 is 14.6 Å². The largest absolute Gasteiger partial charge is 0.491 e. The maximum atomic E-state index is 12.2. The third-order valence-corrected chi connectivity index (χ3v) is 4.79. The average Bonchev–Trinajstić information content (AvgIpc) is 2.64. The van der Waals surface area contributed by atoms with Crippen molar-refractivity contribution in [3.8, 4) is 17.0 Å². The molecule has 0 saturated heterocycles. The molecule has 0 bridgehead atoms. The van der Waals surface area contributed by atoms with E-state index < -0.39 is 11.4 Å². The number of carboxylic acid groups (broad SMARTS) is 1. The molecule has 6 heteroatoms. The van der Waals surface area contributed by atoms with Gasteiger partial charge < -0.3 is 14.4 Å². The molecule has 3 rings (SSSR count). The van der Waals surface area contributed by atoms with Crippen molar-refractivity contribution in [1.82, 2.24) is 4.57 Å². The zero-order valence-corrected chi connectivity index (χ0v) is 14.4. The van der Waals surface area contributed by atoms with Gasteiger partial charge in [-0.05, 0) is 30.5 Å². The molecule has 5 nitrogen and oxygen atoms in total. The van der Waals surface area contributed by atoms with Gasteiger partial charge in [-0.3, -0.25) is 4.79 Å². The number of hydrogen-bond acceptors (Lipinski definition) is 3. The number of aryl methyl sites for hydroxylation is 1. The molecule has 1 aromatic carbocycles. The van der Waals surface area contributed by atoms with Gasteiger partial charge in [0.25, 0.3) is 0 Å². The van der Waals surface area contributed by atoms with Gasteiger partial charge in [0.05, 0.1) is 11.7 Å². The van der Waals surface area contributed by atoms with Crippen LogP contribution in [-0.2, 0) is 0 Å². The summed E-state index contributed by atoms with van der Waals surface area (Å²) in [6.07, 6.45) is 1.41. The summed E-state index contributed by atoms with van der Waals surface area (Å²) >= 11 is 6.25. The zero-order valence-electron chi connectivity index (χ0n) is 13.7. The van der Waals surface area contributed by atoms with Gasteiger partial charge in [-0.15, -0.1) is 0 Å². The fourth-order valence-electron chi connectivity index (χ4n) is 2.94. The second-order valence-corrected chi connectivity index (χ2v) is 6.78. The van der Waals surface area contributed by atoms with E-state index in [0.29, 0.717) is 28.6 Å². The number of ether oxygens (including phenoxy) is 1. The Morgan fingerprint density at radius 3 is 2.71 bits per heavy atom. The summed E-state index contributed by atoms with van der Waals surface area (Å²) in [7, 11) is 0. The number of rotatable bonds is 2. The minimum Gasteiger partial charge on any atom is -0.491 e. The maximum absolute atomic E-state index is 12.2. The van der Waals surface area contributed by atoms with E-state index in [-0.39, 0.29) is 17.5 Å². The van der Waals surface area contributed by atoms with E-state index in [9.17, 15) is 14.7 Å². The summed E-state index contributed by atoms with van der Waals surface area (Å²) in [6, 6.07) is 4.88. The Labute approximate surface area is 144 Å². The summed E-state index contributed by atoms with van der Waals surface area (Å²) in [4.78, 5) is 23.6. The fraction of sp³-hybridized carbons (Fsp3) is 0.333. The Balaban J connectivity index is 2.35. The van der Waals surface area contributed by atoms with Gasteiger partial charge in [-0.25, -0.2) is 4.79 Å². The van der Waals surface area contributed by atoms with E-state index >= 15 is 0 Å². The Hall–Kier alpha value is -2.27. The monoisotopic (exact) mass is 347 g/mol. The molecule has 1 atom stereocenters. The van der Waals surface area contributed by atoms with Gasteiger partial charge in [-0.2, -0.15) is 0 Å². The van der Waals surface area contributed by atoms with Crippen LogP contribution in [0.3, 0.4) is 0 Å². The lowest BCUT2D eigenvalue weighted by molar-refractivity contribution is 0.0694. The van der Waals surface area contributed by atoms with Crippen LogP contribution in [0.4, 0.5) is 0 Å². The molecule has 1 aliphatic rings. The first kappa shape index (κ1) is 16.6. The van der Waals surface area contributed by atoms with Crippen LogP contribution in [0.25, 0.3) is 11.3 Å². The van der Waals surface area contributed by atoms with Crippen LogP contribution in [-0.4, -0.2) is 22.2 Å². The highest BCUT2D eigenvalue weighted by molar-refractivity contribution is 6.31.